The number of benzene rings is 1. The lowest BCUT2D eigenvalue weighted by Gasteiger charge is -2.11. The van der Waals surface area contributed by atoms with Gasteiger partial charge in [0, 0.05) is 0 Å². The second kappa shape index (κ2) is 5.76. The number of amides is 1. The highest BCUT2D eigenvalue weighted by Crippen LogP contribution is 2.28. The zero-order valence-corrected chi connectivity index (χ0v) is 10.5. The summed E-state index contributed by atoms with van der Waals surface area (Å²) >= 11 is 0. The maximum absolute atomic E-state index is 11.8. The molecule has 0 aliphatic heterocycles. The number of hydrogen-bond donors (Lipinski definition) is 3. The van der Waals surface area contributed by atoms with E-state index in [1.54, 1.807) is 12.1 Å². The van der Waals surface area contributed by atoms with E-state index >= 15 is 0 Å². The molecular formula is C11H16N4O3. The fourth-order valence-electron chi connectivity index (χ4n) is 1.40. The minimum absolute atomic E-state index is 0.235. The van der Waals surface area contributed by atoms with E-state index in [2.05, 4.69) is 10.5 Å². The molecule has 7 nitrogen and oxygen atoms in total. The average Bonchev–Trinajstić information content (AvgIpc) is 2.35. The number of nitrogens with two attached hydrogens (primary N) is 2. The van der Waals surface area contributed by atoms with Crippen LogP contribution in [-0.4, -0.2) is 26.1 Å². The minimum atomic E-state index is -0.487. The predicted molar refractivity (Wildman–Crippen MR) is 67.6 cm³/mol. The van der Waals surface area contributed by atoms with Gasteiger partial charge in [-0.3, -0.25) is 4.79 Å². The highest BCUT2D eigenvalue weighted by atomic mass is 16.5. The molecular weight excluding hydrogens is 236 g/mol. The van der Waals surface area contributed by atoms with Gasteiger partial charge >= 0.3 is 0 Å². The fraction of sp³-hybridized carbons (Fsp3) is 0.273. The maximum Gasteiger partial charge on any atom is 0.275 e. The van der Waals surface area contributed by atoms with Gasteiger partial charge < -0.3 is 20.9 Å². The molecule has 7 heteroatoms. The molecule has 0 saturated carbocycles. The molecule has 98 valence electrons. The van der Waals surface area contributed by atoms with Crippen molar-refractivity contribution in [1.82, 2.24) is 5.43 Å². The Kier molecular flexibility index (Phi) is 4.36. The van der Waals surface area contributed by atoms with Crippen LogP contribution in [0.1, 0.15) is 15.9 Å². The molecule has 0 atom stereocenters. The highest BCUT2D eigenvalue weighted by Gasteiger charge is 2.15. The second-order valence-corrected chi connectivity index (χ2v) is 3.50. The van der Waals surface area contributed by atoms with Crippen molar-refractivity contribution in [1.29, 1.82) is 0 Å². The first-order chi connectivity index (χ1) is 8.49. The van der Waals surface area contributed by atoms with Crippen molar-refractivity contribution >= 4 is 11.9 Å². The summed E-state index contributed by atoms with van der Waals surface area (Å²) in [4.78, 5) is 11.8. The highest BCUT2D eigenvalue weighted by molar-refractivity contribution is 5.98. The normalized spacial score (nSPS) is 9.50. The van der Waals surface area contributed by atoms with Gasteiger partial charge in [-0.2, -0.15) is 0 Å². The van der Waals surface area contributed by atoms with Crippen LogP contribution in [0, 0.1) is 6.92 Å². The Morgan fingerprint density at radius 3 is 2.33 bits per heavy atom. The quantitative estimate of drug-likeness (QED) is 0.394. The van der Waals surface area contributed by atoms with Crippen molar-refractivity contribution in [2.75, 3.05) is 14.2 Å². The van der Waals surface area contributed by atoms with Gasteiger partial charge in [0.2, 0.25) is 5.96 Å². The third-order valence-corrected chi connectivity index (χ3v) is 2.25. The fourth-order valence-corrected chi connectivity index (χ4v) is 1.40. The number of guanidine groups is 1. The molecule has 18 heavy (non-hydrogen) atoms. The zero-order valence-electron chi connectivity index (χ0n) is 10.5. The molecule has 1 amide bonds. The Balaban J connectivity index is 3.13. The van der Waals surface area contributed by atoms with Gasteiger partial charge in [0.25, 0.3) is 5.91 Å². The van der Waals surface area contributed by atoms with E-state index in [0.29, 0.717) is 11.5 Å². The van der Waals surface area contributed by atoms with E-state index in [9.17, 15) is 4.79 Å². The molecule has 0 radical (unpaired) electrons. The molecule has 0 saturated heterocycles. The van der Waals surface area contributed by atoms with E-state index in [4.69, 9.17) is 20.9 Å². The number of carbonyl (C=O) groups excluding carboxylic acids is 1. The first-order valence-electron chi connectivity index (χ1n) is 5.11. The van der Waals surface area contributed by atoms with Crippen LogP contribution in [0.15, 0.2) is 17.2 Å². The Morgan fingerprint density at radius 1 is 1.22 bits per heavy atom. The number of hydrogen-bond acceptors (Lipinski definition) is 4. The van der Waals surface area contributed by atoms with Crippen LogP contribution in [0.2, 0.25) is 0 Å². The summed E-state index contributed by atoms with van der Waals surface area (Å²) in [5, 5.41) is 3.43. The summed E-state index contributed by atoms with van der Waals surface area (Å²) in [6.07, 6.45) is 0. The van der Waals surface area contributed by atoms with E-state index in [-0.39, 0.29) is 11.5 Å². The largest absolute Gasteiger partial charge is 0.496 e. The van der Waals surface area contributed by atoms with Gasteiger partial charge in [0.1, 0.15) is 11.5 Å². The Hall–Kier alpha value is -2.44. The number of aryl methyl sites for hydroxylation is 1. The third-order valence-electron chi connectivity index (χ3n) is 2.25. The van der Waals surface area contributed by atoms with E-state index in [1.807, 2.05) is 6.92 Å². The lowest BCUT2D eigenvalue weighted by Crippen LogP contribution is -2.29. The zero-order chi connectivity index (χ0) is 13.7. The number of nitrogens with one attached hydrogen (secondary N) is 1. The van der Waals surface area contributed by atoms with Gasteiger partial charge in [0.05, 0.1) is 19.8 Å². The lowest BCUT2D eigenvalue weighted by molar-refractivity contribution is 0.0951. The van der Waals surface area contributed by atoms with Crippen molar-refractivity contribution < 1.29 is 14.3 Å². The summed E-state index contributed by atoms with van der Waals surface area (Å²) in [6, 6.07) is 3.26. The number of carbonyl (C=O) groups is 1. The Bertz CT molecular complexity index is 481. The van der Waals surface area contributed by atoms with Crippen molar-refractivity contribution in [3.63, 3.8) is 0 Å². The average molecular weight is 252 g/mol. The van der Waals surface area contributed by atoms with Crippen molar-refractivity contribution in [3.05, 3.63) is 23.3 Å². The molecule has 0 aliphatic carbocycles. The Morgan fingerprint density at radius 2 is 1.83 bits per heavy atom. The van der Waals surface area contributed by atoms with E-state index in [1.165, 1.54) is 14.2 Å². The van der Waals surface area contributed by atoms with E-state index in [0.717, 1.165) is 5.56 Å². The van der Waals surface area contributed by atoms with Crippen molar-refractivity contribution in [2.45, 2.75) is 6.92 Å². The first kappa shape index (κ1) is 13.6. The van der Waals surface area contributed by atoms with E-state index < -0.39 is 5.91 Å². The summed E-state index contributed by atoms with van der Waals surface area (Å²) in [5.74, 6) is 0.266. The first-order valence-corrected chi connectivity index (χ1v) is 5.11. The van der Waals surface area contributed by atoms with Crippen LogP contribution < -0.4 is 26.4 Å². The van der Waals surface area contributed by atoms with Crippen LogP contribution in [0.25, 0.3) is 0 Å². The molecule has 5 N–H and O–H groups in total. The summed E-state index contributed by atoms with van der Waals surface area (Å²) < 4.78 is 10.3. The molecule has 0 heterocycles. The van der Waals surface area contributed by atoms with Gasteiger partial charge in [-0.05, 0) is 24.6 Å². The van der Waals surface area contributed by atoms with Crippen LogP contribution in [0.3, 0.4) is 0 Å². The molecule has 1 rings (SSSR count). The number of hydrazone groups is 1. The second-order valence-electron chi connectivity index (χ2n) is 3.50. The molecule has 0 aromatic heterocycles. The Labute approximate surface area is 105 Å². The van der Waals surface area contributed by atoms with Gasteiger partial charge in [-0.1, -0.05) is 0 Å². The molecule has 0 fully saturated rings. The predicted octanol–water partition coefficient (Wildman–Crippen LogP) is -0.0696. The maximum atomic E-state index is 11.8. The standard InChI is InChI=1S/C11H16N4O3/c1-6-4-9(18-3)7(5-8(6)17-2)10(16)14-15-11(12)13/h4-5H,1-3H3,(H,14,16)(H4,12,13,15). The monoisotopic (exact) mass is 252 g/mol. The van der Waals surface area contributed by atoms with Crippen LogP contribution in [0.4, 0.5) is 0 Å². The van der Waals surface area contributed by atoms with Gasteiger partial charge in [-0.25, -0.2) is 5.43 Å². The molecule has 0 bridgehead atoms. The summed E-state index contributed by atoms with van der Waals surface area (Å²) in [5.41, 5.74) is 13.6. The van der Waals surface area contributed by atoms with Gasteiger partial charge in [-0.15, -0.1) is 5.10 Å². The molecule has 1 aromatic carbocycles. The van der Waals surface area contributed by atoms with Crippen LogP contribution >= 0.6 is 0 Å². The van der Waals surface area contributed by atoms with Crippen molar-refractivity contribution in [2.24, 2.45) is 16.6 Å². The smallest absolute Gasteiger partial charge is 0.275 e. The summed E-state index contributed by atoms with van der Waals surface area (Å²) in [7, 11) is 2.99. The number of methoxy groups -OCH3 is 2. The van der Waals surface area contributed by atoms with Crippen LogP contribution in [-0.2, 0) is 0 Å². The topological polar surface area (TPSA) is 112 Å². The molecule has 1 aromatic rings. The molecule has 0 spiro atoms. The third kappa shape index (κ3) is 3.03. The van der Waals surface area contributed by atoms with Crippen LogP contribution in [0.5, 0.6) is 11.5 Å². The van der Waals surface area contributed by atoms with Gasteiger partial charge in [0.15, 0.2) is 0 Å². The van der Waals surface area contributed by atoms with Crippen molar-refractivity contribution in [3.8, 4) is 11.5 Å². The minimum Gasteiger partial charge on any atom is -0.496 e. The molecule has 0 aliphatic rings. The lowest BCUT2D eigenvalue weighted by atomic mass is 10.1. The molecule has 0 unspecified atom stereocenters. The number of ether oxygens (including phenoxy) is 2. The summed E-state index contributed by atoms with van der Waals surface area (Å²) in [6.45, 7) is 1.85. The SMILES string of the molecule is COc1cc(C(=O)NN=C(N)N)c(OC)cc1C. The number of nitrogens with zero attached hydrogens (tertiary/aromatic N) is 1. The number of rotatable bonds is 4.